The second-order valence-electron chi connectivity index (χ2n) is 9.76. The number of anilines is 2. The molecule has 0 atom stereocenters. The van der Waals surface area contributed by atoms with Crippen LogP contribution in [-0.4, -0.2) is 22.7 Å². The van der Waals surface area contributed by atoms with E-state index >= 15 is 0 Å². The summed E-state index contributed by atoms with van der Waals surface area (Å²) in [5.41, 5.74) is 2.15. The van der Waals surface area contributed by atoms with Crippen LogP contribution in [-0.2, 0) is 24.8 Å². The number of carbonyl (C=O) groups excluding carboxylic acids is 1. The van der Waals surface area contributed by atoms with Gasteiger partial charge in [-0.15, -0.1) is 0 Å². The normalized spacial score (nSPS) is 11.8. The summed E-state index contributed by atoms with van der Waals surface area (Å²) in [7, 11) is -9.24. The predicted molar refractivity (Wildman–Crippen MR) is 161 cm³/mol. The fraction of sp³-hybridized carbons (Fsp3) is 0.0968. The summed E-state index contributed by atoms with van der Waals surface area (Å²) in [4.78, 5) is 23.8. The predicted octanol–water partition coefficient (Wildman–Crippen LogP) is 5.62. The molecule has 5 rings (SSSR count). The Bertz CT molecular complexity index is 2010. The van der Waals surface area contributed by atoms with Crippen LogP contribution in [0.4, 0.5) is 11.4 Å². The van der Waals surface area contributed by atoms with E-state index in [4.69, 9.17) is 4.42 Å². The highest BCUT2D eigenvalue weighted by Crippen LogP contribution is 2.34. The number of carbonyl (C=O) groups is 1. The number of hydrogen-bond acceptors (Lipinski definition) is 7. The largest absolute Gasteiger partial charge is 0.422 e. The summed E-state index contributed by atoms with van der Waals surface area (Å²) in [5, 5.41) is 2.95. The van der Waals surface area contributed by atoms with Gasteiger partial charge in [-0.1, -0.05) is 47.5 Å². The van der Waals surface area contributed by atoms with Crippen LogP contribution in [0.1, 0.15) is 18.1 Å². The quantitative estimate of drug-likeness (QED) is 0.239. The highest BCUT2D eigenvalue weighted by molar-refractivity contribution is 8.10. The van der Waals surface area contributed by atoms with Crippen molar-refractivity contribution in [3.05, 3.63) is 119 Å². The summed E-state index contributed by atoms with van der Waals surface area (Å²) in [6.07, 6.45) is 0. The van der Waals surface area contributed by atoms with Crippen LogP contribution in [0.5, 0.6) is 0 Å². The number of nitrogens with zero attached hydrogens (tertiary/aromatic N) is 1. The molecular formula is C31H26N2O7S2. The lowest BCUT2D eigenvalue weighted by Crippen LogP contribution is -2.37. The van der Waals surface area contributed by atoms with Gasteiger partial charge in [0.1, 0.15) is 5.58 Å². The maximum atomic E-state index is 14.0. The summed E-state index contributed by atoms with van der Waals surface area (Å²) >= 11 is 0. The van der Waals surface area contributed by atoms with Crippen molar-refractivity contribution < 1.29 is 26.0 Å². The second-order valence-corrected chi connectivity index (χ2v) is 13.6. The monoisotopic (exact) mass is 602 g/mol. The van der Waals surface area contributed by atoms with Crippen molar-refractivity contribution in [3.8, 4) is 11.1 Å². The summed E-state index contributed by atoms with van der Waals surface area (Å²) in [6, 6.07) is 23.8. The average molecular weight is 603 g/mol. The van der Waals surface area contributed by atoms with E-state index in [1.165, 1.54) is 55.5 Å². The Labute approximate surface area is 243 Å². The number of nitrogens with one attached hydrogen (secondary N) is 1. The molecule has 0 radical (unpaired) electrons. The third-order valence-corrected chi connectivity index (χ3v) is 10.7. The first-order valence-corrected chi connectivity index (χ1v) is 15.6. The SMILES string of the molecule is CC(=O)Nc1ccc(-c2cc3cc(N(S(=O)(=O)c4ccc(C)cc4)S(=O)(=O)c4ccc(C)cc4)ccc3oc2=O)cc1. The molecule has 5 aromatic rings. The number of amides is 1. The van der Waals surface area contributed by atoms with Crippen molar-refractivity contribution in [3.63, 3.8) is 0 Å². The first kappa shape index (κ1) is 28.8. The molecule has 0 spiro atoms. The molecule has 1 amide bonds. The fourth-order valence-electron chi connectivity index (χ4n) is 4.38. The van der Waals surface area contributed by atoms with Crippen molar-refractivity contribution in [2.75, 3.05) is 9.03 Å². The zero-order valence-electron chi connectivity index (χ0n) is 22.9. The summed E-state index contributed by atoms with van der Waals surface area (Å²) in [5.74, 6) is -0.244. The Morgan fingerprint density at radius 3 is 1.74 bits per heavy atom. The molecule has 0 saturated heterocycles. The maximum Gasteiger partial charge on any atom is 0.344 e. The number of fused-ring (bicyclic) bond motifs is 1. The molecule has 214 valence electrons. The highest BCUT2D eigenvalue weighted by atomic mass is 32.3. The smallest absolute Gasteiger partial charge is 0.344 e. The van der Waals surface area contributed by atoms with Crippen LogP contribution < -0.4 is 14.7 Å². The topological polar surface area (TPSA) is 131 Å². The summed E-state index contributed by atoms with van der Waals surface area (Å²) in [6.45, 7) is 4.96. The zero-order chi connectivity index (χ0) is 30.2. The maximum absolute atomic E-state index is 14.0. The molecule has 9 nitrogen and oxygen atoms in total. The van der Waals surface area contributed by atoms with Crippen LogP contribution in [0.3, 0.4) is 0 Å². The Morgan fingerprint density at radius 2 is 1.24 bits per heavy atom. The molecule has 0 saturated carbocycles. The lowest BCUT2D eigenvalue weighted by atomic mass is 10.1. The minimum Gasteiger partial charge on any atom is -0.422 e. The van der Waals surface area contributed by atoms with Crippen molar-refractivity contribution in [1.82, 2.24) is 0 Å². The molecule has 1 heterocycles. The number of benzene rings is 4. The highest BCUT2D eigenvalue weighted by Gasteiger charge is 2.37. The van der Waals surface area contributed by atoms with Crippen molar-refractivity contribution in [2.24, 2.45) is 0 Å². The average Bonchev–Trinajstić information content (AvgIpc) is 2.93. The van der Waals surface area contributed by atoms with Crippen molar-refractivity contribution >= 4 is 48.3 Å². The molecule has 0 unspecified atom stereocenters. The van der Waals surface area contributed by atoms with Crippen molar-refractivity contribution in [2.45, 2.75) is 30.6 Å². The summed E-state index contributed by atoms with van der Waals surface area (Å²) < 4.78 is 61.8. The third-order valence-electron chi connectivity index (χ3n) is 6.52. The molecule has 0 fully saturated rings. The molecule has 1 N–H and O–H groups in total. The van der Waals surface area contributed by atoms with E-state index in [-0.39, 0.29) is 32.5 Å². The van der Waals surface area contributed by atoms with Gasteiger partial charge in [0, 0.05) is 18.0 Å². The van der Waals surface area contributed by atoms with E-state index in [1.807, 2.05) is 0 Å². The minimum absolute atomic E-state index is 0.141. The molecule has 11 heteroatoms. The Kier molecular flexibility index (Phi) is 7.48. The van der Waals surface area contributed by atoms with Gasteiger partial charge in [-0.2, -0.15) is 3.71 Å². The van der Waals surface area contributed by atoms with Crippen LogP contribution >= 0.6 is 0 Å². The standard InChI is InChI=1S/C31H26N2O7S2/c1-20-4-13-27(14-5-20)41(36,37)33(42(38,39)28-15-6-21(2)7-16-28)26-12-17-30-24(18-26)19-29(31(35)40-30)23-8-10-25(11-9-23)32-22(3)34/h4-19H,1-3H3,(H,32,34). The van der Waals surface area contributed by atoms with E-state index in [2.05, 4.69) is 5.32 Å². The van der Waals surface area contributed by atoms with Crippen LogP contribution in [0.25, 0.3) is 22.1 Å². The number of hydrogen-bond donors (Lipinski definition) is 1. The number of sulfonamides is 2. The van der Waals surface area contributed by atoms with Gasteiger partial charge in [0.2, 0.25) is 5.91 Å². The lowest BCUT2D eigenvalue weighted by molar-refractivity contribution is -0.114. The van der Waals surface area contributed by atoms with E-state index in [1.54, 1.807) is 62.4 Å². The molecule has 0 aliphatic carbocycles. The van der Waals surface area contributed by atoms with Gasteiger partial charge in [-0.05, 0) is 80.1 Å². The third kappa shape index (κ3) is 5.56. The van der Waals surface area contributed by atoms with Gasteiger partial charge < -0.3 is 9.73 Å². The van der Waals surface area contributed by atoms with Crippen LogP contribution in [0, 0.1) is 13.8 Å². The van der Waals surface area contributed by atoms with Gasteiger partial charge in [-0.3, -0.25) is 4.79 Å². The molecule has 1 aromatic heterocycles. The minimum atomic E-state index is -4.62. The number of rotatable bonds is 7. The van der Waals surface area contributed by atoms with Gasteiger partial charge in [-0.25, -0.2) is 21.6 Å². The van der Waals surface area contributed by atoms with Gasteiger partial charge >= 0.3 is 5.63 Å². The zero-order valence-corrected chi connectivity index (χ0v) is 24.5. The molecular weight excluding hydrogens is 576 g/mol. The van der Waals surface area contributed by atoms with Gasteiger partial charge in [0.15, 0.2) is 0 Å². The first-order valence-electron chi connectivity index (χ1n) is 12.8. The van der Waals surface area contributed by atoms with Crippen molar-refractivity contribution in [1.29, 1.82) is 0 Å². The second kappa shape index (κ2) is 10.9. The van der Waals surface area contributed by atoms with Crippen LogP contribution in [0.2, 0.25) is 0 Å². The Hall–Kier alpha value is -4.74. The lowest BCUT2D eigenvalue weighted by Gasteiger charge is -2.24. The molecule has 0 bridgehead atoms. The molecule has 0 aliphatic heterocycles. The molecule has 4 aromatic carbocycles. The van der Waals surface area contributed by atoms with Gasteiger partial charge in [0.05, 0.1) is 21.0 Å². The van der Waals surface area contributed by atoms with Gasteiger partial charge in [0.25, 0.3) is 20.0 Å². The molecule has 0 aliphatic rings. The molecule has 42 heavy (non-hydrogen) atoms. The fourth-order valence-corrected chi connectivity index (χ4v) is 8.06. The van der Waals surface area contributed by atoms with E-state index < -0.39 is 25.7 Å². The van der Waals surface area contributed by atoms with E-state index in [9.17, 15) is 26.4 Å². The Balaban J connectivity index is 1.68. The Morgan fingerprint density at radius 1 is 0.714 bits per heavy atom. The van der Waals surface area contributed by atoms with E-state index in [0.29, 0.717) is 20.3 Å². The number of aryl methyl sites for hydroxylation is 2. The van der Waals surface area contributed by atoms with E-state index in [0.717, 1.165) is 11.1 Å². The first-order chi connectivity index (χ1) is 19.9. The van der Waals surface area contributed by atoms with Crippen LogP contribution in [0.15, 0.2) is 116 Å².